The molecule has 2 aromatic rings. The van der Waals surface area contributed by atoms with Gasteiger partial charge in [0.1, 0.15) is 5.69 Å². The molecule has 0 unspecified atom stereocenters. The highest BCUT2D eigenvalue weighted by molar-refractivity contribution is 7.11. The van der Waals surface area contributed by atoms with E-state index in [0.717, 1.165) is 21.1 Å². The molecule has 8 heteroatoms. The highest BCUT2D eigenvalue weighted by Crippen LogP contribution is 2.46. The molecule has 2 N–H and O–H groups in total. The van der Waals surface area contributed by atoms with Crippen LogP contribution in [-0.2, 0) is 16.8 Å². The molecule has 0 spiro atoms. The fourth-order valence-corrected chi connectivity index (χ4v) is 3.98. The lowest BCUT2D eigenvalue weighted by Gasteiger charge is -2.19. The number of nitrogens with two attached hydrogens (primary N) is 1. The number of nitro benzene ring substituents is 1. The SMILES string of the molecule is Cc1nc(C)c(CN2C(=O)C(C)(C)c3cc(N)c([N+](=O)[O-])cc32)s1. The van der Waals surface area contributed by atoms with Crippen LogP contribution in [-0.4, -0.2) is 15.8 Å². The number of aromatic nitrogens is 1. The molecule has 0 fully saturated rings. The summed E-state index contributed by atoms with van der Waals surface area (Å²) in [5, 5.41) is 12.1. The quantitative estimate of drug-likeness (QED) is 0.523. The predicted molar refractivity (Wildman–Crippen MR) is 93.3 cm³/mol. The van der Waals surface area contributed by atoms with Crippen molar-refractivity contribution in [2.24, 2.45) is 0 Å². The average molecular weight is 346 g/mol. The van der Waals surface area contributed by atoms with E-state index in [0.29, 0.717) is 12.2 Å². The molecule has 0 aliphatic carbocycles. The third-order valence-corrected chi connectivity index (χ3v) is 5.44. The number of amides is 1. The number of hydrogen-bond donors (Lipinski definition) is 1. The molecule has 0 bridgehead atoms. The van der Waals surface area contributed by atoms with E-state index >= 15 is 0 Å². The van der Waals surface area contributed by atoms with Crippen LogP contribution < -0.4 is 10.6 Å². The summed E-state index contributed by atoms with van der Waals surface area (Å²) in [7, 11) is 0. The largest absolute Gasteiger partial charge is 0.393 e. The van der Waals surface area contributed by atoms with Gasteiger partial charge in [-0.1, -0.05) is 0 Å². The number of benzene rings is 1. The summed E-state index contributed by atoms with van der Waals surface area (Å²) in [6.45, 7) is 7.79. The second-order valence-corrected chi connectivity index (χ2v) is 7.73. The fraction of sp³-hybridized carbons (Fsp3) is 0.375. The van der Waals surface area contributed by atoms with Gasteiger partial charge in [-0.15, -0.1) is 11.3 Å². The zero-order chi connectivity index (χ0) is 17.8. The number of nitro groups is 1. The molecule has 126 valence electrons. The maximum absolute atomic E-state index is 12.9. The Morgan fingerprint density at radius 1 is 1.38 bits per heavy atom. The van der Waals surface area contributed by atoms with Crippen molar-refractivity contribution in [1.29, 1.82) is 0 Å². The normalized spacial score (nSPS) is 15.7. The van der Waals surface area contributed by atoms with Gasteiger partial charge in [-0.25, -0.2) is 4.98 Å². The van der Waals surface area contributed by atoms with Crippen LogP contribution in [0.2, 0.25) is 0 Å². The molecule has 1 amide bonds. The number of nitrogen functional groups attached to an aromatic ring is 1. The monoisotopic (exact) mass is 346 g/mol. The first kappa shape index (κ1) is 16.4. The molecule has 0 saturated carbocycles. The van der Waals surface area contributed by atoms with Gasteiger partial charge < -0.3 is 10.6 Å². The van der Waals surface area contributed by atoms with Crippen LogP contribution >= 0.6 is 11.3 Å². The number of carbonyl (C=O) groups excluding carboxylic acids is 1. The smallest absolute Gasteiger partial charge is 0.294 e. The van der Waals surface area contributed by atoms with Crippen LogP contribution in [0.25, 0.3) is 0 Å². The number of nitrogens with zero attached hydrogens (tertiary/aromatic N) is 3. The average Bonchev–Trinajstić information content (AvgIpc) is 2.88. The van der Waals surface area contributed by atoms with Crippen LogP contribution in [0.15, 0.2) is 12.1 Å². The lowest BCUT2D eigenvalue weighted by Crippen LogP contribution is -2.35. The van der Waals surface area contributed by atoms with Gasteiger partial charge in [0.25, 0.3) is 5.69 Å². The topological polar surface area (TPSA) is 102 Å². The summed E-state index contributed by atoms with van der Waals surface area (Å²) in [5.74, 6) is -0.0946. The van der Waals surface area contributed by atoms with Crippen LogP contribution in [0.4, 0.5) is 17.1 Å². The van der Waals surface area contributed by atoms with Crippen LogP contribution in [0, 0.1) is 24.0 Å². The summed E-state index contributed by atoms with van der Waals surface area (Å²) in [6.07, 6.45) is 0. The molecule has 0 radical (unpaired) electrons. The minimum absolute atomic E-state index is 0.0753. The van der Waals surface area contributed by atoms with E-state index in [1.807, 2.05) is 27.7 Å². The van der Waals surface area contributed by atoms with Crippen molar-refractivity contribution in [2.45, 2.75) is 39.7 Å². The lowest BCUT2D eigenvalue weighted by molar-refractivity contribution is -0.383. The number of fused-ring (bicyclic) bond motifs is 1. The first-order valence-electron chi connectivity index (χ1n) is 7.46. The lowest BCUT2D eigenvalue weighted by atomic mass is 9.86. The van der Waals surface area contributed by atoms with Crippen LogP contribution in [0.1, 0.15) is 35.0 Å². The van der Waals surface area contributed by atoms with Crippen molar-refractivity contribution in [3.63, 3.8) is 0 Å². The second kappa shape index (κ2) is 5.27. The van der Waals surface area contributed by atoms with Crippen LogP contribution in [0.3, 0.4) is 0 Å². The van der Waals surface area contributed by atoms with Gasteiger partial charge in [-0.2, -0.15) is 0 Å². The summed E-state index contributed by atoms with van der Waals surface area (Å²) >= 11 is 1.53. The van der Waals surface area contributed by atoms with Crippen molar-refractivity contribution >= 4 is 34.3 Å². The molecule has 0 atom stereocenters. The summed E-state index contributed by atoms with van der Waals surface area (Å²) in [6, 6.07) is 2.96. The Hall–Kier alpha value is -2.48. The Bertz CT molecular complexity index is 872. The van der Waals surface area contributed by atoms with E-state index in [2.05, 4.69) is 4.98 Å². The Morgan fingerprint density at radius 3 is 2.58 bits per heavy atom. The number of rotatable bonds is 3. The summed E-state index contributed by atoms with van der Waals surface area (Å²) in [5.41, 5.74) is 7.08. The number of aryl methyl sites for hydroxylation is 2. The molecule has 1 aromatic carbocycles. The van der Waals surface area contributed by atoms with Crippen molar-refractivity contribution < 1.29 is 9.72 Å². The molecule has 3 rings (SSSR count). The number of hydrogen-bond acceptors (Lipinski definition) is 6. The van der Waals surface area contributed by atoms with Gasteiger partial charge in [0.05, 0.1) is 33.3 Å². The van der Waals surface area contributed by atoms with E-state index in [1.165, 1.54) is 17.4 Å². The molecule has 1 aliphatic heterocycles. The molecule has 7 nitrogen and oxygen atoms in total. The molecular formula is C16H18N4O3S. The highest BCUT2D eigenvalue weighted by atomic mass is 32.1. The van der Waals surface area contributed by atoms with Crippen LogP contribution in [0.5, 0.6) is 0 Å². The minimum Gasteiger partial charge on any atom is -0.393 e. The number of anilines is 2. The Kier molecular flexibility index (Phi) is 3.60. The molecule has 1 aromatic heterocycles. The van der Waals surface area contributed by atoms with Gasteiger partial charge in [0.2, 0.25) is 5.91 Å². The predicted octanol–water partition coefficient (Wildman–Crippen LogP) is 3.07. The first-order chi connectivity index (χ1) is 11.1. The van der Waals surface area contributed by atoms with E-state index in [4.69, 9.17) is 5.73 Å². The Labute approximate surface area is 143 Å². The van der Waals surface area contributed by atoms with E-state index < -0.39 is 10.3 Å². The molecule has 1 aliphatic rings. The van der Waals surface area contributed by atoms with E-state index in [9.17, 15) is 14.9 Å². The third kappa shape index (κ3) is 2.34. The van der Waals surface area contributed by atoms with Crippen molar-refractivity contribution in [2.75, 3.05) is 10.6 Å². The molecular weight excluding hydrogens is 328 g/mol. The van der Waals surface area contributed by atoms with Crippen molar-refractivity contribution in [3.8, 4) is 0 Å². The van der Waals surface area contributed by atoms with E-state index in [1.54, 1.807) is 11.0 Å². The molecule has 0 saturated heterocycles. The van der Waals surface area contributed by atoms with Gasteiger partial charge in [0, 0.05) is 10.9 Å². The fourth-order valence-electron chi connectivity index (χ4n) is 3.06. The van der Waals surface area contributed by atoms with Gasteiger partial charge in [0.15, 0.2) is 0 Å². The maximum atomic E-state index is 12.9. The standard InChI is InChI=1S/C16H18N4O3S/c1-8-14(24-9(2)18-8)7-19-12-6-13(20(22)23)11(17)5-10(12)16(3,4)15(19)21/h5-6H,7,17H2,1-4H3. The van der Waals surface area contributed by atoms with E-state index in [-0.39, 0.29) is 17.3 Å². The van der Waals surface area contributed by atoms with Gasteiger partial charge >= 0.3 is 0 Å². The highest BCUT2D eigenvalue weighted by Gasteiger charge is 2.45. The number of carbonyl (C=O) groups is 1. The maximum Gasteiger partial charge on any atom is 0.294 e. The zero-order valence-corrected chi connectivity index (χ0v) is 14.7. The van der Waals surface area contributed by atoms with Gasteiger partial charge in [-0.05, 0) is 39.3 Å². The molecule has 24 heavy (non-hydrogen) atoms. The van der Waals surface area contributed by atoms with Crippen molar-refractivity contribution in [3.05, 3.63) is 43.4 Å². The first-order valence-corrected chi connectivity index (χ1v) is 8.28. The van der Waals surface area contributed by atoms with Gasteiger partial charge in [-0.3, -0.25) is 14.9 Å². The Balaban J connectivity index is 2.13. The zero-order valence-electron chi connectivity index (χ0n) is 13.9. The molecule has 2 heterocycles. The second-order valence-electron chi connectivity index (χ2n) is 6.44. The summed E-state index contributed by atoms with van der Waals surface area (Å²) < 4.78 is 0. The minimum atomic E-state index is -0.772. The summed E-state index contributed by atoms with van der Waals surface area (Å²) in [4.78, 5) is 30.5. The third-order valence-electron chi connectivity index (χ3n) is 4.39. The number of thiazole rings is 1. The van der Waals surface area contributed by atoms with Crippen molar-refractivity contribution in [1.82, 2.24) is 4.98 Å². The Morgan fingerprint density at radius 2 is 2.04 bits per heavy atom.